The van der Waals surface area contributed by atoms with Crippen molar-refractivity contribution in [3.05, 3.63) is 49.7 Å². The standard InChI is InChI=1S/C10H9N2O7.2K/c1-5(13)2-7-8(11(16)17)3-6(10(14)15)4-9(7)12(18)19;;/h3-4,6H,2H2,1H3,(H,14,15);;/q-1;2*+1/p-1. The van der Waals surface area contributed by atoms with Gasteiger partial charge in [0.05, 0.1) is 0 Å². The summed E-state index contributed by atoms with van der Waals surface area (Å²) >= 11 is 0. The van der Waals surface area contributed by atoms with Crippen molar-refractivity contribution in [1.29, 1.82) is 0 Å². The molecular weight excluding hydrogens is 338 g/mol. The van der Waals surface area contributed by atoms with E-state index < -0.39 is 51.2 Å². The third-order valence-corrected chi connectivity index (χ3v) is 2.38. The number of ketones is 1. The molecule has 9 nitrogen and oxygen atoms in total. The number of hydrogen-bond acceptors (Lipinski definition) is 7. The maximum atomic E-state index is 11.0. The molecule has 0 saturated carbocycles. The van der Waals surface area contributed by atoms with Gasteiger partial charge in [0.2, 0.25) is 0 Å². The van der Waals surface area contributed by atoms with Crippen LogP contribution in [0.5, 0.6) is 0 Å². The molecule has 0 spiro atoms. The molecule has 21 heavy (non-hydrogen) atoms. The smallest absolute Gasteiger partial charge is 0.551 e. The fourth-order valence-corrected chi connectivity index (χ4v) is 1.63. The van der Waals surface area contributed by atoms with Gasteiger partial charge >= 0.3 is 103 Å². The first-order chi connectivity index (χ1) is 8.73. The number of nitrogens with zero attached hydrogens (tertiary/aromatic N) is 2. The summed E-state index contributed by atoms with van der Waals surface area (Å²) in [5.41, 5.74) is -1.50. The molecule has 11 heteroatoms. The van der Waals surface area contributed by atoms with Crippen molar-refractivity contribution in [1.82, 2.24) is 0 Å². The number of nitro groups is 2. The van der Waals surface area contributed by atoms with E-state index in [1.54, 1.807) is 0 Å². The average molecular weight is 346 g/mol. The van der Waals surface area contributed by atoms with Crippen LogP contribution < -0.4 is 108 Å². The van der Waals surface area contributed by atoms with Crippen molar-refractivity contribution in [2.75, 3.05) is 0 Å². The van der Waals surface area contributed by atoms with Crippen molar-refractivity contribution in [3.8, 4) is 0 Å². The molecule has 0 saturated heterocycles. The maximum Gasteiger partial charge on any atom is 1.00 e. The van der Waals surface area contributed by atoms with Gasteiger partial charge in [0.25, 0.3) is 0 Å². The summed E-state index contributed by atoms with van der Waals surface area (Å²) in [6, 6.07) is 0. The molecule has 0 N–H and O–H groups in total. The van der Waals surface area contributed by atoms with Crippen molar-refractivity contribution in [2.45, 2.75) is 13.3 Å². The second kappa shape index (κ2) is 10.4. The fourth-order valence-electron chi connectivity index (χ4n) is 1.63. The van der Waals surface area contributed by atoms with Crippen LogP contribution in [0.1, 0.15) is 13.3 Å². The SMILES string of the molecule is CC(=O)C[C-]1C([N+](=O)[O-])=CC(C(=O)[O-])C=C1[N+](=O)[O-].[K+].[K+]. The first-order valence-electron chi connectivity index (χ1n) is 5.03. The number of aliphatic carboxylic acids is 1. The Labute approximate surface area is 204 Å². The fraction of sp³-hybridized carbons (Fsp3) is 0.300. The average Bonchev–Trinajstić information content (AvgIpc) is 2.27. The van der Waals surface area contributed by atoms with E-state index in [1.807, 2.05) is 0 Å². The Morgan fingerprint density at radius 1 is 1.14 bits per heavy atom. The first-order valence-corrected chi connectivity index (χ1v) is 5.03. The molecule has 0 bridgehead atoms. The second-order valence-electron chi connectivity index (χ2n) is 3.82. The van der Waals surface area contributed by atoms with Crippen LogP contribution in [0.25, 0.3) is 0 Å². The minimum atomic E-state index is -1.69. The van der Waals surface area contributed by atoms with E-state index >= 15 is 0 Å². The van der Waals surface area contributed by atoms with Crippen LogP contribution in [0.15, 0.2) is 23.5 Å². The predicted molar refractivity (Wildman–Crippen MR) is 57.2 cm³/mol. The quantitative estimate of drug-likeness (QED) is 0.208. The van der Waals surface area contributed by atoms with Gasteiger partial charge in [-0.25, -0.2) is 0 Å². The number of carbonyl (C=O) groups excluding carboxylic acids is 2. The molecule has 0 atom stereocenters. The van der Waals surface area contributed by atoms with E-state index in [1.165, 1.54) is 0 Å². The first kappa shape index (κ1) is 23.8. The predicted octanol–water partition coefficient (Wildman–Crippen LogP) is -6.75. The third-order valence-electron chi connectivity index (χ3n) is 2.38. The van der Waals surface area contributed by atoms with Crippen LogP contribution >= 0.6 is 0 Å². The van der Waals surface area contributed by atoms with Gasteiger partial charge in [0.15, 0.2) is 11.4 Å². The zero-order valence-electron chi connectivity index (χ0n) is 11.7. The number of carbonyl (C=O) groups is 2. The van der Waals surface area contributed by atoms with Gasteiger partial charge in [-0.2, -0.15) is 0 Å². The van der Waals surface area contributed by atoms with Crippen LogP contribution in [0.3, 0.4) is 0 Å². The van der Waals surface area contributed by atoms with Gasteiger partial charge in [-0.05, 0) is 19.3 Å². The minimum Gasteiger partial charge on any atom is -0.551 e. The largest absolute Gasteiger partial charge is 1.00 e. The summed E-state index contributed by atoms with van der Waals surface area (Å²) in [6.45, 7) is 1.12. The van der Waals surface area contributed by atoms with E-state index in [0.29, 0.717) is 0 Å². The maximum absolute atomic E-state index is 11.0. The number of Topliss-reactive ketones (excluding diaryl/α,β-unsaturated/α-hetero) is 1. The molecule has 102 valence electrons. The normalized spacial score (nSPS) is 14.0. The second-order valence-corrected chi connectivity index (χ2v) is 3.82. The molecule has 0 aromatic rings. The number of carboxylic acid groups (broad SMARTS) is 1. The van der Waals surface area contributed by atoms with Crippen LogP contribution in [-0.2, 0) is 9.59 Å². The Morgan fingerprint density at radius 3 is 1.76 bits per heavy atom. The summed E-state index contributed by atoms with van der Waals surface area (Å²) < 4.78 is 0. The summed E-state index contributed by atoms with van der Waals surface area (Å²) in [6.07, 6.45) is 0.931. The van der Waals surface area contributed by atoms with Gasteiger partial charge in [-0.15, -0.1) is 12.2 Å². The number of carboxylic acids is 1. The van der Waals surface area contributed by atoms with Crippen molar-refractivity contribution >= 4 is 11.8 Å². The van der Waals surface area contributed by atoms with E-state index in [4.69, 9.17) is 0 Å². The molecule has 0 fully saturated rings. The summed E-state index contributed by atoms with van der Waals surface area (Å²) in [4.78, 5) is 41.5. The molecular formula is C10H8K2N2O7. The zero-order valence-corrected chi connectivity index (χ0v) is 17.9. The molecule has 0 unspecified atom stereocenters. The number of rotatable bonds is 5. The van der Waals surface area contributed by atoms with Crippen LogP contribution in [-0.4, -0.2) is 21.6 Å². The van der Waals surface area contributed by atoms with Crippen molar-refractivity contribution in [2.24, 2.45) is 5.92 Å². The Kier molecular flexibility index (Phi) is 11.8. The molecule has 0 heterocycles. The van der Waals surface area contributed by atoms with Gasteiger partial charge in [-0.3, -0.25) is 20.2 Å². The number of hydrogen-bond donors (Lipinski definition) is 0. The van der Waals surface area contributed by atoms with Crippen LogP contribution in [0.4, 0.5) is 0 Å². The molecule has 0 aliphatic heterocycles. The molecule has 1 aliphatic carbocycles. The molecule has 0 amide bonds. The zero-order chi connectivity index (χ0) is 14.7. The Balaban J connectivity index is 0. The van der Waals surface area contributed by atoms with E-state index in [2.05, 4.69) is 0 Å². The summed E-state index contributed by atoms with van der Waals surface area (Å²) in [7, 11) is 0. The van der Waals surface area contributed by atoms with E-state index in [9.17, 15) is 34.9 Å². The van der Waals surface area contributed by atoms with Gasteiger partial charge < -0.3 is 14.7 Å². The van der Waals surface area contributed by atoms with Gasteiger partial charge in [0.1, 0.15) is 5.78 Å². The van der Waals surface area contributed by atoms with Crippen LogP contribution in [0, 0.1) is 32.1 Å². The molecule has 0 aromatic carbocycles. The van der Waals surface area contributed by atoms with Crippen LogP contribution in [0.2, 0.25) is 0 Å². The topological polar surface area (TPSA) is 143 Å². The van der Waals surface area contributed by atoms with E-state index in [0.717, 1.165) is 19.1 Å². The van der Waals surface area contributed by atoms with Crippen molar-refractivity contribution < 1.29 is 127 Å². The molecule has 1 rings (SSSR count). The molecule has 0 aromatic heterocycles. The summed E-state index contributed by atoms with van der Waals surface area (Å²) in [5.74, 6) is -4.18. The monoisotopic (exact) mass is 346 g/mol. The Bertz CT molecular complexity index is 497. The Hall–Kier alpha value is 0.563. The van der Waals surface area contributed by atoms with E-state index in [-0.39, 0.29) is 103 Å². The third kappa shape index (κ3) is 6.68. The molecule has 1 aliphatic rings. The molecule has 0 radical (unpaired) electrons. The van der Waals surface area contributed by atoms with Crippen molar-refractivity contribution in [3.63, 3.8) is 0 Å². The summed E-state index contributed by atoms with van der Waals surface area (Å²) in [5, 5.41) is 32.3. The van der Waals surface area contributed by atoms with Gasteiger partial charge in [0, 0.05) is 21.7 Å². The van der Waals surface area contributed by atoms with Gasteiger partial charge in [-0.1, -0.05) is 0 Å². The Morgan fingerprint density at radius 2 is 1.52 bits per heavy atom. The minimum absolute atomic E-state index is 0.